The number of anilines is 1. The molecule has 0 atom stereocenters. The van der Waals surface area contributed by atoms with Gasteiger partial charge < -0.3 is 4.90 Å². The maximum absolute atomic E-state index is 4.69. The third-order valence-corrected chi connectivity index (χ3v) is 8.61. The molecule has 1 aliphatic heterocycles. The van der Waals surface area contributed by atoms with Crippen molar-refractivity contribution in [2.24, 2.45) is 30.7 Å². The number of fused-ring (bicyclic) bond motifs is 2. The van der Waals surface area contributed by atoms with Crippen LogP contribution in [0.1, 0.15) is 18.4 Å². The molecule has 0 aliphatic carbocycles. The molecule has 5 aromatic carbocycles. The Morgan fingerprint density at radius 3 is 1.47 bits per heavy atom. The molecule has 0 saturated carbocycles. The Bertz CT molecular complexity index is 2000. The molecule has 0 bridgehead atoms. The van der Waals surface area contributed by atoms with Gasteiger partial charge in [0, 0.05) is 34.6 Å². The third kappa shape index (κ3) is 5.82. The van der Waals surface area contributed by atoms with Crippen LogP contribution in [0, 0.1) is 6.92 Å². The summed E-state index contributed by atoms with van der Waals surface area (Å²) in [5, 5.41) is 33.6. The van der Waals surface area contributed by atoms with Crippen molar-refractivity contribution in [2.75, 3.05) is 18.0 Å². The van der Waals surface area contributed by atoms with E-state index in [1.807, 2.05) is 97.1 Å². The number of hydrogen-bond donors (Lipinski definition) is 0. The minimum Gasteiger partial charge on any atom is -0.363 e. The van der Waals surface area contributed by atoms with Crippen molar-refractivity contribution in [3.8, 4) is 0 Å². The van der Waals surface area contributed by atoms with Crippen molar-refractivity contribution >= 4 is 71.3 Å². The highest BCUT2D eigenvalue weighted by Gasteiger charge is 2.14. The normalized spacial score (nSPS) is 13.9. The van der Waals surface area contributed by atoms with Gasteiger partial charge in [0.2, 0.25) is 0 Å². The van der Waals surface area contributed by atoms with Crippen molar-refractivity contribution in [1.29, 1.82) is 0 Å². The lowest BCUT2D eigenvalue weighted by atomic mass is 10.1. The molecule has 0 N–H and O–H groups in total. The minimum absolute atomic E-state index is 0.768. The fourth-order valence-electron chi connectivity index (χ4n) is 5.30. The van der Waals surface area contributed by atoms with E-state index in [1.54, 1.807) is 11.3 Å². The molecule has 0 amide bonds. The molecular formula is C35H29N7S. The molecule has 0 spiro atoms. The van der Waals surface area contributed by atoms with E-state index in [0.29, 0.717) is 0 Å². The minimum atomic E-state index is 0.768. The first-order valence-electron chi connectivity index (χ1n) is 14.4. The van der Waals surface area contributed by atoms with Crippen molar-refractivity contribution in [1.82, 2.24) is 0 Å². The van der Waals surface area contributed by atoms with E-state index in [2.05, 4.69) is 54.6 Å². The van der Waals surface area contributed by atoms with Crippen molar-refractivity contribution in [2.45, 2.75) is 19.8 Å². The Hall–Kier alpha value is -5.08. The van der Waals surface area contributed by atoms with Crippen molar-refractivity contribution < 1.29 is 0 Å². The summed E-state index contributed by atoms with van der Waals surface area (Å²) in [4.78, 5) is 2.42. The molecule has 210 valence electrons. The molecule has 1 aromatic heterocycles. The highest BCUT2D eigenvalue weighted by Crippen LogP contribution is 2.39. The van der Waals surface area contributed by atoms with E-state index in [1.165, 1.54) is 23.4 Å². The summed E-state index contributed by atoms with van der Waals surface area (Å²) < 4.78 is 0. The van der Waals surface area contributed by atoms with Gasteiger partial charge in [-0.15, -0.1) is 25.6 Å². The molecule has 7 nitrogen and oxygen atoms in total. The predicted octanol–water partition coefficient (Wildman–Crippen LogP) is 12.2. The summed E-state index contributed by atoms with van der Waals surface area (Å²) >= 11 is 1.69. The average Bonchev–Trinajstić information content (AvgIpc) is 3.76. The number of aryl methyl sites for hydroxylation is 1. The summed E-state index contributed by atoms with van der Waals surface area (Å²) in [6.07, 6.45) is 2.51. The second-order valence-corrected chi connectivity index (χ2v) is 11.6. The van der Waals surface area contributed by atoms with E-state index in [9.17, 15) is 0 Å². The van der Waals surface area contributed by atoms with Crippen LogP contribution in [0.5, 0.6) is 0 Å². The van der Waals surface area contributed by atoms with Crippen LogP contribution in [0.2, 0.25) is 0 Å². The fraction of sp³-hybridized carbons (Fsp3) is 0.143. The van der Waals surface area contributed by atoms with Gasteiger partial charge >= 0.3 is 0 Å². The molecule has 0 unspecified atom stereocenters. The zero-order valence-electron chi connectivity index (χ0n) is 23.8. The smallest absolute Gasteiger partial charge is 0.140 e. The predicted molar refractivity (Wildman–Crippen MR) is 177 cm³/mol. The lowest BCUT2D eigenvalue weighted by molar-refractivity contribution is 0.949. The molecule has 43 heavy (non-hydrogen) atoms. The van der Waals surface area contributed by atoms with Crippen LogP contribution in [0.25, 0.3) is 21.5 Å². The first-order valence-corrected chi connectivity index (χ1v) is 15.2. The van der Waals surface area contributed by atoms with Crippen molar-refractivity contribution in [3.63, 3.8) is 0 Å². The molecule has 1 fully saturated rings. The zero-order chi connectivity index (χ0) is 29.0. The Morgan fingerprint density at radius 2 is 0.953 bits per heavy atom. The second kappa shape index (κ2) is 12.0. The number of azo groups is 3. The van der Waals surface area contributed by atoms with E-state index in [4.69, 9.17) is 0 Å². The van der Waals surface area contributed by atoms with Gasteiger partial charge in [-0.2, -0.15) is 5.11 Å². The molecular weight excluding hydrogens is 551 g/mol. The summed E-state index contributed by atoms with van der Waals surface area (Å²) in [5.41, 5.74) is 5.14. The molecule has 7 rings (SSSR count). The van der Waals surface area contributed by atoms with Crippen LogP contribution in [0.15, 0.2) is 140 Å². The van der Waals surface area contributed by atoms with Crippen LogP contribution in [0.3, 0.4) is 0 Å². The lowest BCUT2D eigenvalue weighted by Gasteiger charge is -2.13. The first kappa shape index (κ1) is 26.8. The van der Waals surface area contributed by atoms with Gasteiger partial charge in [0.25, 0.3) is 0 Å². The molecule has 1 saturated heterocycles. The molecule has 2 heterocycles. The Kier molecular flexibility index (Phi) is 7.50. The fourth-order valence-corrected chi connectivity index (χ4v) is 6.18. The van der Waals surface area contributed by atoms with Crippen LogP contribution < -0.4 is 4.90 Å². The standard InChI is InChI=1S/C35H29N7S/c1-24-12-14-25(15-13-24)36-37-30-16-17-31(27-9-3-2-8-26(27)30)38-39-32-18-19-33(29-11-5-4-10-28(29)32)40-41-34-20-21-35(43-34)42-22-6-7-23-42/h2-5,8-21H,6-7,22-23H2,1H3. The van der Waals surface area contributed by atoms with E-state index < -0.39 is 0 Å². The Labute approximate surface area is 254 Å². The van der Waals surface area contributed by atoms with Gasteiger partial charge in [0.05, 0.1) is 33.4 Å². The number of thiophene rings is 1. The molecule has 6 aromatic rings. The van der Waals surface area contributed by atoms with E-state index >= 15 is 0 Å². The quantitative estimate of drug-likeness (QED) is 0.173. The van der Waals surface area contributed by atoms with Gasteiger partial charge in [-0.3, -0.25) is 0 Å². The van der Waals surface area contributed by atoms with Gasteiger partial charge in [-0.25, -0.2) is 0 Å². The van der Waals surface area contributed by atoms with E-state index in [-0.39, 0.29) is 0 Å². The zero-order valence-corrected chi connectivity index (χ0v) is 24.6. The Morgan fingerprint density at radius 1 is 0.488 bits per heavy atom. The monoisotopic (exact) mass is 579 g/mol. The second-order valence-electron chi connectivity index (χ2n) is 10.5. The van der Waals surface area contributed by atoms with Gasteiger partial charge in [-0.05, 0) is 68.3 Å². The van der Waals surface area contributed by atoms with Crippen LogP contribution in [0.4, 0.5) is 38.4 Å². The van der Waals surface area contributed by atoms with Crippen LogP contribution in [-0.2, 0) is 0 Å². The number of benzene rings is 5. The lowest BCUT2D eigenvalue weighted by Crippen LogP contribution is -2.15. The summed E-state index contributed by atoms with van der Waals surface area (Å²) in [7, 11) is 0. The highest BCUT2D eigenvalue weighted by atomic mass is 32.1. The van der Waals surface area contributed by atoms with Gasteiger partial charge in [-0.1, -0.05) is 77.6 Å². The topological polar surface area (TPSA) is 77.4 Å². The first-order chi connectivity index (χ1) is 21.2. The molecule has 1 aliphatic rings. The maximum atomic E-state index is 4.69. The largest absolute Gasteiger partial charge is 0.363 e. The summed E-state index contributed by atoms with van der Waals surface area (Å²) in [6.45, 7) is 4.30. The highest BCUT2D eigenvalue weighted by molar-refractivity contribution is 7.19. The Balaban J connectivity index is 1.17. The number of rotatable bonds is 7. The molecule has 8 heteroatoms. The summed E-state index contributed by atoms with van der Waals surface area (Å²) in [6, 6.07) is 36.2. The van der Waals surface area contributed by atoms with Gasteiger partial charge in [0.15, 0.2) is 0 Å². The SMILES string of the molecule is Cc1ccc(N=Nc2ccc(N=Nc3ccc(N=Nc4ccc(N5CCCC5)s4)c4ccccc34)c3ccccc23)cc1. The maximum Gasteiger partial charge on any atom is 0.140 e. The summed E-state index contributed by atoms with van der Waals surface area (Å²) in [5.74, 6) is 0. The average molecular weight is 580 g/mol. The van der Waals surface area contributed by atoms with Gasteiger partial charge in [0.1, 0.15) is 5.00 Å². The number of hydrogen-bond acceptors (Lipinski definition) is 8. The van der Waals surface area contributed by atoms with Crippen LogP contribution >= 0.6 is 11.3 Å². The third-order valence-electron chi connectivity index (χ3n) is 7.58. The van der Waals surface area contributed by atoms with Crippen LogP contribution in [-0.4, -0.2) is 13.1 Å². The van der Waals surface area contributed by atoms with Crippen molar-refractivity contribution in [3.05, 3.63) is 115 Å². The number of nitrogens with zero attached hydrogens (tertiary/aromatic N) is 7. The van der Waals surface area contributed by atoms with E-state index in [0.717, 1.165) is 68.1 Å². The molecule has 0 radical (unpaired) electrons.